The number of carbonyl (C=O) groups is 2. The number of aliphatic carboxylic acids is 1. The van der Waals surface area contributed by atoms with Crippen LogP contribution in [0.15, 0.2) is 0 Å². The highest BCUT2D eigenvalue weighted by molar-refractivity contribution is 7.90. The van der Waals surface area contributed by atoms with Crippen molar-refractivity contribution >= 4 is 21.7 Å². The van der Waals surface area contributed by atoms with Crippen molar-refractivity contribution in [3.8, 4) is 0 Å². The van der Waals surface area contributed by atoms with Gasteiger partial charge in [-0.25, -0.2) is 13.2 Å². The third-order valence-corrected chi connectivity index (χ3v) is 3.75. The Hall–Kier alpha value is -1.15. The molecular formula is C11H20N2O5S. The van der Waals surface area contributed by atoms with Gasteiger partial charge in [0.25, 0.3) is 0 Å². The molecule has 1 atom stereocenters. The third-order valence-electron chi connectivity index (χ3n) is 2.77. The molecule has 3 N–H and O–H groups in total. The average molecular weight is 292 g/mol. The molecule has 0 aliphatic heterocycles. The molecule has 0 aromatic rings. The van der Waals surface area contributed by atoms with Crippen molar-refractivity contribution < 1.29 is 23.1 Å². The number of sulfone groups is 1. The van der Waals surface area contributed by atoms with Gasteiger partial charge in [0.1, 0.15) is 15.9 Å². The molecule has 7 nitrogen and oxygen atoms in total. The molecule has 0 aromatic carbocycles. The first-order chi connectivity index (χ1) is 8.78. The summed E-state index contributed by atoms with van der Waals surface area (Å²) in [6.45, 7) is 0.509. The van der Waals surface area contributed by atoms with Crippen LogP contribution in [0.25, 0.3) is 0 Å². The average Bonchev–Trinajstić information content (AvgIpc) is 3.06. The molecule has 110 valence electrons. The van der Waals surface area contributed by atoms with Crippen LogP contribution in [0, 0.1) is 0 Å². The minimum absolute atomic E-state index is 0.115. The Labute approximate surface area is 112 Å². The highest BCUT2D eigenvalue weighted by Crippen LogP contribution is 2.18. The molecule has 1 aliphatic carbocycles. The molecule has 0 heterocycles. The van der Waals surface area contributed by atoms with E-state index >= 15 is 0 Å². The lowest BCUT2D eigenvalue weighted by Gasteiger charge is -2.14. The zero-order valence-corrected chi connectivity index (χ0v) is 11.7. The van der Waals surface area contributed by atoms with Crippen molar-refractivity contribution in [3.63, 3.8) is 0 Å². The maximum absolute atomic E-state index is 11.5. The van der Waals surface area contributed by atoms with Gasteiger partial charge >= 0.3 is 5.97 Å². The topological polar surface area (TPSA) is 113 Å². The molecule has 0 spiro atoms. The van der Waals surface area contributed by atoms with Crippen LogP contribution < -0.4 is 10.6 Å². The first kappa shape index (κ1) is 15.9. The van der Waals surface area contributed by atoms with E-state index in [0.717, 1.165) is 19.1 Å². The molecule has 1 amide bonds. The summed E-state index contributed by atoms with van der Waals surface area (Å²) >= 11 is 0. The summed E-state index contributed by atoms with van der Waals surface area (Å²) in [6, 6.07) is -0.656. The van der Waals surface area contributed by atoms with E-state index in [1.807, 2.05) is 0 Å². The second kappa shape index (κ2) is 6.85. The van der Waals surface area contributed by atoms with Crippen LogP contribution in [0.5, 0.6) is 0 Å². The Morgan fingerprint density at radius 1 is 1.37 bits per heavy atom. The number of nitrogens with one attached hydrogen (secondary N) is 2. The number of hydrogen-bond acceptors (Lipinski definition) is 5. The largest absolute Gasteiger partial charge is 0.480 e. The molecule has 1 aliphatic rings. The van der Waals surface area contributed by atoms with Crippen molar-refractivity contribution in [2.75, 3.05) is 18.6 Å². The van der Waals surface area contributed by atoms with Crippen LogP contribution in [0.1, 0.15) is 25.7 Å². The molecule has 1 unspecified atom stereocenters. The Morgan fingerprint density at radius 2 is 2.00 bits per heavy atom. The van der Waals surface area contributed by atoms with Gasteiger partial charge in [-0.1, -0.05) is 0 Å². The molecule has 1 saturated carbocycles. The number of carbonyl (C=O) groups excluding carboxylic acids is 1. The lowest BCUT2D eigenvalue weighted by Crippen LogP contribution is -2.42. The van der Waals surface area contributed by atoms with E-state index in [1.165, 1.54) is 0 Å². The first-order valence-corrected chi connectivity index (χ1v) is 8.27. The van der Waals surface area contributed by atoms with Gasteiger partial charge < -0.3 is 15.7 Å². The van der Waals surface area contributed by atoms with Gasteiger partial charge in [-0.3, -0.25) is 4.79 Å². The SMILES string of the molecule is CS(=O)(=O)CCC(NC(=O)CCNC1CC1)C(=O)O. The number of carboxylic acid groups (broad SMARTS) is 1. The standard InChI is InChI=1S/C11H20N2O5S/c1-19(17,18)7-5-9(11(15)16)13-10(14)4-6-12-8-2-3-8/h8-9,12H,2-7H2,1H3,(H,13,14)(H,15,16). The molecule has 0 saturated heterocycles. The number of amides is 1. The normalized spacial score (nSPS) is 16.9. The second-order valence-corrected chi connectivity index (χ2v) is 7.12. The minimum atomic E-state index is -3.24. The van der Waals surface area contributed by atoms with E-state index in [-0.39, 0.29) is 24.5 Å². The smallest absolute Gasteiger partial charge is 0.326 e. The van der Waals surface area contributed by atoms with E-state index in [2.05, 4.69) is 10.6 Å². The van der Waals surface area contributed by atoms with Gasteiger partial charge in [0, 0.05) is 25.3 Å². The predicted molar refractivity (Wildman–Crippen MR) is 69.5 cm³/mol. The van der Waals surface area contributed by atoms with Crippen LogP contribution in [0.4, 0.5) is 0 Å². The lowest BCUT2D eigenvalue weighted by atomic mass is 10.2. The summed E-state index contributed by atoms with van der Waals surface area (Å²) in [6.07, 6.45) is 3.35. The van der Waals surface area contributed by atoms with Crippen LogP contribution in [0.2, 0.25) is 0 Å². The summed E-state index contributed by atoms with van der Waals surface area (Å²) in [7, 11) is -3.24. The molecular weight excluding hydrogens is 272 g/mol. The fraction of sp³-hybridized carbons (Fsp3) is 0.818. The second-order valence-electron chi connectivity index (χ2n) is 4.86. The number of rotatable bonds is 9. The van der Waals surface area contributed by atoms with E-state index in [9.17, 15) is 18.0 Å². The Kier molecular flexibility index (Phi) is 5.74. The predicted octanol–water partition coefficient (Wildman–Crippen LogP) is -0.867. The maximum atomic E-state index is 11.5. The summed E-state index contributed by atoms with van der Waals surface area (Å²) in [5.41, 5.74) is 0. The van der Waals surface area contributed by atoms with Crippen molar-refractivity contribution in [3.05, 3.63) is 0 Å². The van der Waals surface area contributed by atoms with Gasteiger partial charge in [0.2, 0.25) is 5.91 Å². The van der Waals surface area contributed by atoms with Gasteiger partial charge in [-0.05, 0) is 19.3 Å². The van der Waals surface area contributed by atoms with Crippen molar-refractivity contribution in [1.29, 1.82) is 0 Å². The Balaban J connectivity index is 2.30. The Morgan fingerprint density at radius 3 is 2.47 bits per heavy atom. The van der Waals surface area contributed by atoms with Crippen LogP contribution in [0.3, 0.4) is 0 Å². The van der Waals surface area contributed by atoms with E-state index in [1.54, 1.807) is 0 Å². The molecule has 0 aromatic heterocycles. The van der Waals surface area contributed by atoms with E-state index in [4.69, 9.17) is 5.11 Å². The molecule has 19 heavy (non-hydrogen) atoms. The Bertz CT molecular complexity index is 430. The molecule has 0 bridgehead atoms. The zero-order valence-electron chi connectivity index (χ0n) is 10.9. The third kappa shape index (κ3) is 7.78. The van der Waals surface area contributed by atoms with Crippen molar-refractivity contribution in [2.45, 2.75) is 37.8 Å². The van der Waals surface area contributed by atoms with Gasteiger partial charge in [-0.2, -0.15) is 0 Å². The monoisotopic (exact) mass is 292 g/mol. The highest BCUT2D eigenvalue weighted by atomic mass is 32.2. The number of carboxylic acids is 1. The van der Waals surface area contributed by atoms with Crippen molar-refractivity contribution in [1.82, 2.24) is 10.6 Å². The van der Waals surface area contributed by atoms with Crippen LogP contribution in [-0.2, 0) is 19.4 Å². The molecule has 1 rings (SSSR count). The van der Waals surface area contributed by atoms with Gasteiger partial charge in [-0.15, -0.1) is 0 Å². The quantitative estimate of drug-likeness (QED) is 0.509. The number of hydrogen-bond donors (Lipinski definition) is 3. The first-order valence-electron chi connectivity index (χ1n) is 6.21. The maximum Gasteiger partial charge on any atom is 0.326 e. The highest BCUT2D eigenvalue weighted by Gasteiger charge is 2.23. The van der Waals surface area contributed by atoms with Crippen LogP contribution in [-0.4, -0.2) is 56.0 Å². The molecule has 1 fully saturated rings. The van der Waals surface area contributed by atoms with Crippen molar-refractivity contribution in [2.24, 2.45) is 0 Å². The van der Waals surface area contributed by atoms with E-state index < -0.39 is 21.8 Å². The van der Waals surface area contributed by atoms with Crippen LogP contribution >= 0.6 is 0 Å². The molecule has 8 heteroatoms. The summed E-state index contributed by atoms with van der Waals surface area (Å²) in [4.78, 5) is 22.4. The van der Waals surface area contributed by atoms with Gasteiger partial charge in [0.05, 0.1) is 5.75 Å². The minimum Gasteiger partial charge on any atom is -0.480 e. The van der Waals surface area contributed by atoms with E-state index in [0.29, 0.717) is 12.6 Å². The lowest BCUT2D eigenvalue weighted by molar-refractivity contribution is -0.141. The fourth-order valence-electron chi connectivity index (χ4n) is 1.53. The molecule has 0 radical (unpaired) electrons. The summed E-state index contributed by atoms with van der Waals surface area (Å²) in [5, 5.41) is 14.4. The fourth-order valence-corrected chi connectivity index (χ4v) is 2.20. The summed E-state index contributed by atoms with van der Waals surface area (Å²) < 4.78 is 22.0. The van der Waals surface area contributed by atoms with Gasteiger partial charge in [0.15, 0.2) is 0 Å². The summed E-state index contributed by atoms with van der Waals surface area (Å²) in [5.74, 6) is -1.86. The zero-order chi connectivity index (χ0) is 14.5.